The Morgan fingerprint density at radius 1 is 1.00 bits per heavy atom. The van der Waals surface area contributed by atoms with Crippen LogP contribution in [0.3, 0.4) is 0 Å². The second kappa shape index (κ2) is 5.81. The van der Waals surface area contributed by atoms with E-state index >= 15 is 0 Å². The van der Waals surface area contributed by atoms with Gasteiger partial charge in [-0.25, -0.2) is 9.97 Å². The van der Waals surface area contributed by atoms with Crippen LogP contribution in [0.15, 0.2) is 42.4 Å². The molecule has 6 rings (SSSR count). The first kappa shape index (κ1) is 17.0. The van der Waals surface area contributed by atoms with E-state index in [0.29, 0.717) is 5.41 Å². The number of hydrogen-bond acceptors (Lipinski definition) is 2. The summed E-state index contributed by atoms with van der Waals surface area (Å²) < 4.78 is 2.19. The largest absolute Gasteiger partial charge is 0.284 e. The maximum atomic E-state index is 4.58. The molecule has 0 saturated heterocycles. The quantitative estimate of drug-likeness (QED) is 0.567. The fourth-order valence-electron chi connectivity index (χ4n) is 7.69. The molecule has 3 heteroatoms. The highest BCUT2D eigenvalue weighted by atomic mass is 15.1. The van der Waals surface area contributed by atoms with Crippen molar-refractivity contribution in [2.45, 2.75) is 65.2 Å². The fraction of sp³-hybridized carbons (Fsp3) is 0.600. The lowest BCUT2D eigenvalue weighted by molar-refractivity contribution is -0.00989. The summed E-state index contributed by atoms with van der Waals surface area (Å²) in [5.41, 5.74) is 5.37. The lowest BCUT2D eigenvalue weighted by atomic mass is 9.47. The van der Waals surface area contributed by atoms with Crippen molar-refractivity contribution in [3.63, 3.8) is 0 Å². The maximum absolute atomic E-state index is 4.58. The minimum absolute atomic E-state index is 0.281. The monoisotopic (exact) mass is 373 g/mol. The van der Waals surface area contributed by atoms with Crippen molar-refractivity contribution in [2.75, 3.05) is 0 Å². The second-order valence-corrected chi connectivity index (χ2v) is 10.2. The molecule has 2 aromatic rings. The van der Waals surface area contributed by atoms with Crippen molar-refractivity contribution in [3.05, 3.63) is 48.1 Å². The topological polar surface area (TPSA) is 30.2 Å². The van der Waals surface area contributed by atoms with Crippen molar-refractivity contribution >= 4 is 11.4 Å². The summed E-state index contributed by atoms with van der Waals surface area (Å²) in [6.07, 6.45) is 22.1. The summed E-state index contributed by atoms with van der Waals surface area (Å²) in [6, 6.07) is 2.02. The second-order valence-electron chi connectivity index (χ2n) is 10.2. The van der Waals surface area contributed by atoms with Gasteiger partial charge < -0.3 is 0 Å². The van der Waals surface area contributed by atoms with Crippen LogP contribution in [0.1, 0.15) is 70.9 Å². The van der Waals surface area contributed by atoms with Crippen molar-refractivity contribution in [1.29, 1.82) is 0 Å². The van der Waals surface area contributed by atoms with Crippen molar-refractivity contribution < 1.29 is 0 Å². The summed E-state index contributed by atoms with van der Waals surface area (Å²) in [5.74, 6) is 3.33. The molecule has 2 saturated carbocycles. The highest BCUT2D eigenvalue weighted by molar-refractivity contribution is 5.72. The molecule has 3 unspecified atom stereocenters. The molecule has 2 heterocycles. The lowest BCUT2D eigenvalue weighted by Crippen LogP contribution is -2.48. The normalized spacial score (nSPS) is 39.7. The van der Waals surface area contributed by atoms with E-state index in [9.17, 15) is 0 Å². The zero-order chi connectivity index (χ0) is 18.9. The van der Waals surface area contributed by atoms with Crippen LogP contribution in [0.5, 0.6) is 0 Å². The first-order valence-electron chi connectivity index (χ1n) is 11.3. The Labute approximate surface area is 168 Å². The van der Waals surface area contributed by atoms with Crippen LogP contribution in [0.25, 0.3) is 11.4 Å². The summed E-state index contributed by atoms with van der Waals surface area (Å²) >= 11 is 0. The molecule has 0 aromatic carbocycles. The molecular weight excluding hydrogens is 342 g/mol. The molecule has 0 spiro atoms. The first-order chi connectivity index (χ1) is 13.6. The Balaban J connectivity index is 1.38. The molecule has 0 aliphatic heterocycles. The van der Waals surface area contributed by atoms with E-state index < -0.39 is 0 Å². The molecule has 146 valence electrons. The van der Waals surface area contributed by atoms with E-state index in [2.05, 4.69) is 52.8 Å². The SMILES string of the molecule is C[C@]12CCCCC1=CCC1C2CC[C@]2(C)C(c3cnc4ncccn34)=CCC12. The standard InChI is InChI=1S/C25H31N3/c1-24-12-4-3-6-17(24)7-8-18-19-9-10-21(25(19,2)13-11-20(18)24)22-16-27-23-26-14-5-15-28(22)23/h5,7,10,14-16,18-20H,3-4,6,8-9,11-13H2,1-2H3/t18?,19?,20?,24-,25-/m0/s1. The van der Waals surface area contributed by atoms with E-state index in [1.807, 2.05) is 17.8 Å². The van der Waals surface area contributed by atoms with Crippen LogP contribution >= 0.6 is 0 Å². The number of imidazole rings is 1. The van der Waals surface area contributed by atoms with Gasteiger partial charge in [-0.2, -0.15) is 0 Å². The number of fused-ring (bicyclic) bond motifs is 6. The average molecular weight is 374 g/mol. The molecule has 5 atom stereocenters. The molecule has 0 amide bonds. The van der Waals surface area contributed by atoms with E-state index in [-0.39, 0.29) is 5.41 Å². The van der Waals surface area contributed by atoms with E-state index in [1.165, 1.54) is 62.6 Å². The van der Waals surface area contributed by atoms with Gasteiger partial charge in [0.05, 0.1) is 11.9 Å². The van der Waals surface area contributed by atoms with Gasteiger partial charge in [0.25, 0.3) is 0 Å². The van der Waals surface area contributed by atoms with Crippen LogP contribution in [0, 0.1) is 28.6 Å². The number of rotatable bonds is 1. The predicted octanol–water partition coefficient (Wildman–Crippen LogP) is 6.08. The molecule has 4 aliphatic rings. The third kappa shape index (κ3) is 2.11. The highest BCUT2D eigenvalue weighted by Crippen LogP contribution is 2.66. The van der Waals surface area contributed by atoms with E-state index in [4.69, 9.17) is 0 Å². The third-order valence-corrected chi connectivity index (χ3v) is 9.16. The fourth-order valence-corrected chi connectivity index (χ4v) is 7.69. The van der Waals surface area contributed by atoms with Crippen LogP contribution in [-0.4, -0.2) is 14.4 Å². The zero-order valence-corrected chi connectivity index (χ0v) is 17.2. The molecule has 2 fully saturated rings. The van der Waals surface area contributed by atoms with Crippen LogP contribution in [0.4, 0.5) is 0 Å². The summed E-state index contributed by atoms with van der Waals surface area (Å²) in [6.45, 7) is 5.15. The lowest BCUT2D eigenvalue weighted by Gasteiger charge is -2.57. The molecule has 4 aliphatic carbocycles. The number of aromatic nitrogens is 3. The maximum Gasteiger partial charge on any atom is 0.234 e. The van der Waals surface area contributed by atoms with Gasteiger partial charge >= 0.3 is 0 Å². The van der Waals surface area contributed by atoms with Gasteiger partial charge in [0.2, 0.25) is 5.78 Å². The smallest absolute Gasteiger partial charge is 0.234 e. The van der Waals surface area contributed by atoms with Crippen molar-refractivity contribution in [2.24, 2.45) is 28.6 Å². The Kier molecular flexibility index (Phi) is 3.53. The van der Waals surface area contributed by atoms with Crippen LogP contribution < -0.4 is 0 Å². The minimum Gasteiger partial charge on any atom is -0.284 e. The van der Waals surface area contributed by atoms with Crippen LogP contribution in [0.2, 0.25) is 0 Å². The zero-order valence-electron chi connectivity index (χ0n) is 17.2. The van der Waals surface area contributed by atoms with Gasteiger partial charge in [-0.15, -0.1) is 0 Å². The van der Waals surface area contributed by atoms with Gasteiger partial charge in [0.1, 0.15) is 0 Å². The highest BCUT2D eigenvalue weighted by Gasteiger charge is 2.56. The summed E-state index contributed by atoms with van der Waals surface area (Å²) in [5, 5.41) is 0. The van der Waals surface area contributed by atoms with E-state index in [0.717, 1.165) is 23.5 Å². The van der Waals surface area contributed by atoms with Gasteiger partial charge in [0.15, 0.2) is 0 Å². The molecule has 0 bridgehead atoms. The Bertz CT molecular complexity index is 998. The summed E-state index contributed by atoms with van der Waals surface area (Å²) in [7, 11) is 0. The third-order valence-electron chi connectivity index (χ3n) is 9.16. The van der Waals surface area contributed by atoms with Gasteiger partial charge in [-0.05, 0) is 85.2 Å². The van der Waals surface area contributed by atoms with Crippen LogP contribution in [-0.2, 0) is 0 Å². The Morgan fingerprint density at radius 2 is 1.93 bits per heavy atom. The molecule has 3 nitrogen and oxygen atoms in total. The molecule has 0 N–H and O–H groups in total. The molecule has 0 radical (unpaired) electrons. The number of allylic oxidation sites excluding steroid dienone is 4. The van der Waals surface area contributed by atoms with Crippen molar-refractivity contribution in [3.8, 4) is 0 Å². The Morgan fingerprint density at radius 3 is 2.86 bits per heavy atom. The minimum atomic E-state index is 0.281. The average Bonchev–Trinajstić information content (AvgIpc) is 3.28. The van der Waals surface area contributed by atoms with Crippen molar-refractivity contribution in [1.82, 2.24) is 14.4 Å². The molecule has 28 heavy (non-hydrogen) atoms. The Hall–Kier alpha value is -1.90. The van der Waals surface area contributed by atoms with Gasteiger partial charge in [-0.1, -0.05) is 38.0 Å². The van der Waals surface area contributed by atoms with Gasteiger partial charge in [-0.3, -0.25) is 4.40 Å². The predicted molar refractivity (Wildman–Crippen MR) is 113 cm³/mol. The molecule has 2 aromatic heterocycles. The van der Waals surface area contributed by atoms with E-state index in [1.54, 1.807) is 0 Å². The first-order valence-corrected chi connectivity index (χ1v) is 11.3. The summed E-state index contributed by atoms with van der Waals surface area (Å²) in [4.78, 5) is 9.02. The number of hydrogen-bond donors (Lipinski definition) is 0. The molecular formula is C25H31N3. The number of nitrogens with zero attached hydrogens (tertiary/aromatic N) is 3. The van der Waals surface area contributed by atoms with Gasteiger partial charge in [0, 0.05) is 12.4 Å².